The molecule has 0 heterocycles. The molecule has 0 aromatic rings. The van der Waals surface area contributed by atoms with Crippen LogP contribution in [0.5, 0.6) is 0 Å². The van der Waals surface area contributed by atoms with E-state index in [1.54, 1.807) is 0 Å². The van der Waals surface area contributed by atoms with Crippen molar-refractivity contribution >= 4 is 5.97 Å². The van der Waals surface area contributed by atoms with Crippen LogP contribution in [0.1, 0.15) is 39.5 Å². The third-order valence-corrected chi connectivity index (χ3v) is 4.61. The van der Waals surface area contributed by atoms with Crippen LogP contribution in [0.15, 0.2) is 12.2 Å². The van der Waals surface area contributed by atoms with Gasteiger partial charge in [0.25, 0.3) is 0 Å². The third kappa shape index (κ3) is 3.42. The van der Waals surface area contributed by atoms with Crippen molar-refractivity contribution in [3.8, 4) is 0 Å². The van der Waals surface area contributed by atoms with E-state index in [4.69, 9.17) is 4.74 Å². The van der Waals surface area contributed by atoms with Crippen molar-refractivity contribution in [3.63, 3.8) is 0 Å². The van der Waals surface area contributed by atoms with Crippen molar-refractivity contribution < 1.29 is 27.4 Å². The van der Waals surface area contributed by atoms with Crippen LogP contribution in [0.25, 0.3) is 0 Å². The van der Waals surface area contributed by atoms with Crippen LogP contribution >= 0.6 is 0 Å². The van der Waals surface area contributed by atoms with E-state index >= 15 is 0 Å². The average molecular weight is 306 g/mol. The summed E-state index contributed by atoms with van der Waals surface area (Å²) < 4.78 is 49.0. The Bertz CT molecular complexity index is 432. The van der Waals surface area contributed by atoms with Crippen molar-refractivity contribution in [1.29, 1.82) is 0 Å². The average Bonchev–Trinajstić information content (AvgIpc) is 2.96. The molecule has 2 fully saturated rings. The molecule has 0 aliphatic heterocycles. The standard InChI is InChI=1S/C15H21F3O3/c1-9(2)13(19)21-14(3,15(16,17)18)20-8-12-7-10-4-5-11(12)6-10/h10-12H,1,4-8H2,2-3H3. The second-order valence-corrected chi connectivity index (χ2v) is 6.36. The number of alkyl halides is 3. The predicted octanol–water partition coefficient (Wildman–Crippen LogP) is 3.84. The quantitative estimate of drug-likeness (QED) is 0.440. The maximum Gasteiger partial charge on any atom is 0.455 e. The van der Waals surface area contributed by atoms with Crippen molar-refractivity contribution in [1.82, 2.24) is 0 Å². The molecule has 3 nitrogen and oxygen atoms in total. The van der Waals surface area contributed by atoms with Crippen LogP contribution in [0.4, 0.5) is 13.2 Å². The molecule has 6 heteroatoms. The molecule has 0 spiro atoms. The Hall–Kier alpha value is -1.04. The third-order valence-electron chi connectivity index (χ3n) is 4.61. The minimum absolute atomic E-state index is 0.0271. The van der Waals surface area contributed by atoms with Gasteiger partial charge in [-0.25, -0.2) is 4.79 Å². The smallest absolute Gasteiger partial charge is 0.420 e. The number of carbonyl (C=O) groups excluding carboxylic acids is 1. The zero-order chi connectivity index (χ0) is 15.8. The predicted molar refractivity (Wildman–Crippen MR) is 70.3 cm³/mol. The molecule has 0 aromatic heterocycles. The van der Waals surface area contributed by atoms with Gasteiger partial charge in [0.05, 0.1) is 6.61 Å². The van der Waals surface area contributed by atoms with Gasteiger partial charge in [0.15, 0.2) is 0 Å². The summed E-state index contributed by atoms with van der Waals surface area (Å²) >= 11 is 0. The number of hydrogen-bond acceptors (Lipinski definition) is 3. The number of ether oxygens (including phenoxy) is 2. The van der Waals surface area contributed by atoms with Crippen molar-refractivity contribution in [2.24, 2.45) is 17.8 Å². The summed E-state index contributed by atoms with van der Waals surface area (Å²) in [7, 11) is 0. The minimum Gasteiger partial charge on any atom is -0.420 e. The van der Waals surface area contributed by atoms with Gasteiger partial charge in [-0.05, 0) is 43.9 Å². The second-order valence-electron chi connectivity index (χ2n) is 6.36. The van der Waals surface area contributed by atoms with Crippen molar-refractivity contribution in [2.75, 3.05) is 6.61 Å². The Morgan fingerprint density at radius 2 is 1.95 bits per heavy atom. The van der Waals surface area contributed by atoms with Gasteiger partial charge < -0.3 is 9.47 Å². The van der Waals surface area contributed by atoms with E-state index in [-0.39, 0.29) is 18.1 Å². The van der Waals surface area contributed by atoms with E-state index in [9.17, 15) is 18.0 Å². The Morgan fingerprint density at radius 3 is 2.38 bits per heavy atom. The van der Waals surface area contributed by atoms with Crippen molar-refractivity contribution in [3.05, 3.63) is 12.2 Å². The van der Waals surface area contributed by atoms with Gasteiger partial charge >= 0.3 is 17.9 Å². The van der Waals surface area contributed by atoms with Gasteiger partial charge in [-0.1, -0.05) is 13.0 Å². The Balaban J connectivity index is 1.99. The molecule has 0 radical (unpaired) electrons. The lowest BCUT2D eigenvalue weighted by atomic mass is 9.89. The maximum atomic E-state index is 13.2. The lowest BCUT2D eigenvalue weighted by molar-refractivity contribution is -0.361. The molecule has 120 valence electrons. The first-order valence-electron chi connectivity index (χ1n) is 7.22. The van der Waals surface area contributed by atoms with Gasteiger partial charge in [-0.2, -0.15) is 13.2 Å². The summed E-state index contributed by atoms with van der Waals surface area (Å²) in [5, 5.41) is 0. The Labute approximate surface area is 122 Å². The van der Waals surface area contributed by atoms with E-state index in [1.807, 2.05) is 0 Å². The molecule has 2 aliphatic carbocycles. The molecule has 4 atom stereocenters. The molecule has 0 aromatic carbocycles. The largest absolute Gasteiger partial charge is 0.455 e. The zero-order valence-electron chi connectivity index (χ0n) is 12.3. The summed E-state index contributed by atoms with van der Waals surface area (Å²) in [5.41, 5.74) is -0.0889. The first kappa shape index (κ1) is 16.3. The van der Waals surface area contributed by atoms with Gasteiger partial charge in [0.1, 0.15) is 0 Å². The lowest BCUT2D eigenvalue weighted by Crippen LogP contribution is -2.49. The highest BCUT2D eigenvalue weighted by Gasteiger charge is 2.57. The van der Waals surface area contributed by atoms with Gasteiger partial charge in [0.2, 0.25) is 0 Å². The first-order chi connectivity index (χ1) is 9.62. The molecule has 0 saturated heterocycles. The first-order valence-corrected chi connectivity index (χ1v) is 7.22. The molecule has 2 saturated carbocycles. The van der Waals surface area contributed by atoms with Crippen LogP contribution in [-0.4, -0.2) is 24.5 Å². The summed E-state index contributed by atoms with van der Waals surface area (Å²) in [6, 6.07) is 0. The fourth-order valence-electron chi connectivity index (χ4n) is 3.28. The number of carbonyl (C=O) groups is 1. The molecule has 2 aliphatic rings. The number of hydrogen-bond donors (Lipinski definition) is 0. The Morgan fingerprint density at radius 1 is 1.29 bits per heavy atom. The molecule has 4 unspecified atom stereocenters. The zero-order valence-corrected chi connectivity index (χ0v) is 12.3. The van der Waals surface area contributed by atoms with E-state index in [2.05, 4.69) is 11.3 Å². The molecule has 2 bridgehead atoms. The van der Waals surface area contributed by atoms with E-state index in [1.165, 1.54) is 13.3 Å². The molecule has 0 N–H and O–H groups in total. The van der Waals surface area contributed by atoms with Crippen LogP contribution in [0.3, 0.4) is 0 Å². The Kier molecular flexibility index (Phi) is 4.38. The molecule has 0 amide bonds. The minimum atomic E-state index is -4.78. The monoisotopic (exact) mass is 306 g/mol. The second kappa shape index (κ2) is 5.63. The lowest BCUT2D eigenvalue weighted by Gasteiger charge is -2.33. The van der Waals surface area contributed by atoms with E-state index in [0.717, 1.165) is 26.2 Å². The highest BCUT2D eigenvalue weighted by Crippen LogP contribution is 2.49. The molecule has 2 rings (SSSR count). The summed E-state index contributed by atoms with van der Waals surface area (Å²) in [4.78, 5) is 11.4. The normalized spacial score (nSPS) is 31.0. The van der Waals surface area contributed by atoms with Crippen LogP contribution in [0, 0.1) is 17.8 Å². The number of rotatable bonds is 5. The van der Waals surface area contributed by atoms with Gasteiger partial charge in [0, 0.05) is 12.5 Å². The number of esters is 1. The highest BCUT2D eigenvalue weighted by molar-refractivity contribution is 5.87. The summed E-state index contributed by atoms with van der Waals surface area (Å²) in [6.45, 7) is 5.32. The van der Waals surface area contributed by atoms with Crippen molar-refractivity contribution in [2.45, 2.75) is 51.5 Å². The summed E-state index contributed by atoms with van der Waals surface area (Å²) in [5.74, 6) is -2.80. The van der Waals surface area contributed by atoms with E-state index in [0.29, 0.717) is 11.8 Å². The number of fused-ring (bicyclic) bond motifs is 2. The fourth-order valence-corrected chi connectivity index (χ4v) is 3.28. The fraction of sp³-hybridized carbons (Fsp3) is 0.800. The van der Waals surface area contributed by atoms with E-state index < -0.39 is 17.9 Å². The topological polar surface area (TPSA) is 35.5 Å². The SMILES string of the molecule is C=C(C)C(=O)OC(C)(OCC1CC2CCC1C2)C(F)(F)F. The molecule has 21 heavy (non-hydrogen) atoms. The number of halogens is 3. The summed E-state index contributed by atoms with van der Waals surface area (Å²) in [6.07, 6.45) is -0.555. The van der Waals surface area contributed by atoms with Gasteiger partial charge in [-0.3, -0.25) is 0 Å². The van der Waals surface area contributed by atoms with Crippen LogP contribution in [-0.2, 0) is 14.3 Å². The maximum absolute atomic E-state index is 13.2. The van der Waals surface area contributed by atoms with Crippen LogP contribution < -0.4 is 0 Å². The van der Waals surface area contributed by atoms with Gasteiger partial charge in [-0.15, -0.1) is 0 Å². The van der Waals surface area contributed by atoms with Crippen LogP contribution in [0.2, 0.25) is 0 Å². The highest BCUT2D eigenvalue weighted by atomic mass is 19.4. The molecular weight excluding hydrogens is 285 g/mol. The molecular formula is C15H21F3O3.